The first-order chi connectivity index (χ1) is 10.2. The SMILES string of the molecule is CCCCCCCCCCCC1CC(O)C(CC)C(=O)O1. The van der Waals surface area contributed by atoms with Gasteiger partial charge in [0.1, 0.15) is 6.10 Å². The van der Waals surface area contributed by atoms with Crippen molar-refractivity contribution in [1.82, 2.24) is 0 Å². The molecular weight excluding hydrogens is 264 g/mol. The largest absolute Gasteiger partial charge is 0.462 e. The molecule has 3 nitrogen and oxygen atoms in total. The second-order valence-corrected chi connectivity index (χ2v) is 6.49. The summed E-state index contributed by atoms with van der Waals surface area (Å²) in [5.41, 5.74) is 0. The quantitative estimate of drug-likeness (QED) is 0.447. The van der Waals surface area contributed by atoms with Gasteiger partial charge in [0.15, 0.2) is 0 Å². The van der Waals surface area contributed by atoms with Crippen LogP contribution in [0.25, 0.3) is 0 Å². The summed E-state index contributed by atoms with van der Waals surface area (Å²) in [6.07, 6.45) is 13.4. The molecule has 0 bridgehead atoms. The summed E-state index contributed by atoms with van der Waals surface area (Å²) in [4.78, 5) is 11.7. The lowest BCUT2D eigenvalue weighted by molar-refractivity contribution is -0.170. The molecule has 1 rings (SSSR count). The van der Waals surface area contributed by atoms with Crippen LogP contribution >= 0.6 is 0 Å². The van der Waals surface area contributed by atoms with Crippen molar-refractivity contribution in [3.8, 4) is 0 Å². The molecule has 0 spiro atoms. The molecule has 3 heteroatoms. The normalized spacial score (nSPS) is 25.9. The zero-order valence-electron chi connectivity index (χ0n) is 14.0. The van der Waals surface area contributed by atoms with E-state index in [-0.39, 0.29) is 18.0 Å². The van der Waals surface area contributed by atoms with Gasteiger partial charge in [0.25, 0.3) is 0 Å². The number of ether oxygens (including phenoxy) is 1. The monoisotopic (exact) mass is 298 g/mol. The second kappa shape index (κ2) is 11.1. The smallest absolute Gasteiger partial charge is 0.311 e. The first-order valence-corrected chi connectivity index (χ1v) is 9.07. The number of hydrogen-bond acceptors (Lipinski definition) is 3. The van der Waals surface area contributed by atoms with Crippen molar-refractivity contribution in [1.29, 1.82) is 0 Å². The molecule has 0 aromatic carbocycles. The van der Waals surface area contributed by atoms with Gasteiger partial charge in [-0.25, -0.2) is 0 Å². The minimum Gasteiger partial charge on any atom is -0.462 e. The third-order valence-corrected chi connectivity index (χ3v) is 4.62. The number of esters is 1. The number of cyclic esters (lactones) is 1. The fourth-order valence-electron chi connectivity index (χ4n) is 3.19. The fourth-order valence-corrected chi connectivity index (χ4v) is 3.19. The van der Waals surface area contributed by atoms with Crippen LogP contribution in [0.3, 0.4) is 0 Å². The Balaban J connectivity index is 2.00. The predicted molar refractivity (Wildman–Crippen MR) is 86.1 cm³/mol. The molecule has 124 valence electrons. The number of hydrogen-bond donors (Lipinski definition) is 1. The van der Waals surface area contributed by atoms with Crippen LogP contribution in [0.1, 0.15) is 90.9 Å². The molecule has 3 unspecified atom stereocenters. The number of unbranched alkanes of at least 4 members (excludes halogenated alkanes) is 8. The van der Waals surface area contributed by atoms with Crippen LogP contribution in [0.2, 0.25) is 0 Å². The molecule has 0 aromatic heterocycles. The maximum absolute atomic E-state index is 11.7. The molecule has 0 radical (unpaired) electrons. The summed E-state index contributed by atoms with van der Waals surface area (Å²) in [5.74, 6) is -0.499. The Kier molecular flexibility index (Phi) is 9.73. The predicted octanol–water partition coefficient (Wildman–Crippen LogP) is 4.61. The number of carbonyl (C=O) groups is 1. The highest BCUT2D eigenvalue weighted by Crippen LogP contribution is 2.26. The number of aliphatic hydroxyl groups excluding tert-OH is 1. The summed E-state index contributed by atoms with van der Waals surface area (Å²) in [6, 6.07) is 0. The van der Waals surface area contributed by atoms with E-state index in [9.17, 15) is 9.90 Å². The van der Waals surface area contributed by atoms with Crippen LogP contribution in [0.15, 0.2) is 0 Å². The number of rotatable bonds is 11. The van der Waals surface area contributed by atoms with Crippen molar-refractivity contribution in [2.45, 2.75) is 103 Å². The summed E-state index contributed by atoms with van der Waals surface area (Å²) < 4.78 is 5.43. The van der Waals surface area contributed by atoms with Crippen molar-refractivity contribution >= 4 is 5.97 Å². The van der Waals surface area contributed by atoms with Crippen LogP contribution in [0.5, 0.6) is 0 Å². The zero-order valence-corrected chi connectivity index (χ0v) is 14.0. The summed E-state index contributed by atoms with van der Waals surface area (Å²) in [6.45, 7) is 4.17. The molecule has 1 fully saturated rings. The van der Waals surface area contributed by atoms with E-state index in [1.165, 1.54) is 51.4 Å². The fraction of sp³-hybridized carbons (Fsp3) is 0.944. The van der Waals surface area contributed by atoms with Crippen LogP contribution in [-0.2, 0) is 9.53 Å². The molecule has 0 aliphatic carbocycles. The van der Waals surface area contributed by atoms with Crippen LogP contribution in [0.4, 0.5) is 0 Å². The number of carbonyl (C=O) groups excluding carboxylic acids is 1. The Labute approximate surface area is 130 Å². The molecule has 3 atom stereocenters. The highest BCUT2D eigenvalue weighted by Gasteiger charge is 2.35. The standard InChI is InChI=1S/C18H34O3/c1-3-5-6-7-8-9-10-11-12-13-15-14-17(19)16(4-2)18(20)21-15/h15-17,19H,3-14H2,1-2H3. The van der Waals surface area contributed by atoms with Crippen molar-refractivity contribution in [3.63, 3.8) is 0 Å². The van der Waals surface area contributed by atoms with Gasteiger partial charge in [0.2, 0.25) is 0 Å². The summed E-state index contributed by atoms with van der Waals surface area (Å²) in [7, 11) is 0. The highest BCUT2D eigenvalue weighted by atomic mass is 16.5. The van der Waals surface area contributed by atoms with Crippen LogP contribution < -0.4 is 0 Å². The third kappa shape index (κ3) is 7.30. The van der Waals surface area contributed by atoms with Gasteiger partial charge in [0.05, 0.1) is 12.0 Å². The van der Waals surface area contributed by atoms with Crippen molar-refractivity contribution in [2.24, 2.45) is 5.92 Å². The van der Waals surface area contributed by atoms with Gasteiger partial charge in [-0.15, -0.1) is 0 Å². The lowest BCUT2D eigenvalue weighted by Crippen LogP contribution is -2.40. The molecule has 1 aliphatic rings. The molecular formula is C18H34O3. The van der Waals surface area contributed by atoms with Gasteiger partial charge in [0, 0.05) is 6.42 Å². The second-order valence-electron chi connectivity index (χ2n) is 6.49. The Morgan fingerprint density at radius 2 is 1.57 bits per heavy atom. The van der Waals surface area contributed by atoms with E-state index in [0.29, 0.717) is 12.8 Å². The average Bonchev–Trinajstić information content (AvgIpc) is 2.45. The third-order valence-electron chi connectivity index (χ3n) is 4.62. The molecule has 1 N–H and O–H groups in total. The first-order valence-electron chi connectivity index (χ1n) is 9.07. The van der Waals surface area contributed by atoms with Gasteiger partial charge in [-0.05, 0) is 19.3 Å². The minimum absolute atomic E-state index is 0.0557. The van der Waals surface area contributed by atoms with E-state index in [2.05, 4.69) is 6.92 Å². The topological polar surface area (TPSA) is 46.5 Å². The average molecular weight is 298 g/mol. The van der Waals surface area contributed by atoms with E-state index in [1.54, 1.807) is 0 Å². The molecule has 0 saturated carbocycles. The van der Waals surface area contributed by atoms with E-state index in [0.717, 1.165) is 12.8 Å². The molecule has 1 saturated heterocycles. The van der Waals surface area contributed by atoms with E-state index >= 15 is 0 Å². The zero-order chi connectivity index (χ0) is 15.5. The number of aliphatic hydroxyl groups is 1. The Bertz CT molecular complexity index is 278. The van der Waals surface area contributed by atoms with E-state index in [4.69, 9.17) is 4.74 Å². The summed E-state index contributed by atoms with van der Waals surface area (Å²) in [5, 5.41) is 9.95. The Morgan fingerprint density at radius 3 is 2.10 bits per heavy atom. The van der Waals surface area contributed by atoms with Crippen molar-refractivity contribution < 1.29 is 14.6 Å². The molecule has 0 aromatic rings. The van der Waals surface area contributed by atoms with Crippen molar-refractivity contribution in [3.05, 3.63) is 0 Å². The van der Waals surface area contributed by atoms with Gasteiger partial charge < -0.3 is 9.84 Å². The molecule has 21 heavy (non-hydrogen) atoms. The van der Waals surface area contributed by atoms with Crippen LogP contribution in [0, 0.1) is 5.92 Å². The minimum atomic E-state index is -0.500. The van der Waals surface area contributed by atoms with Gasteiger partial charge in [-0.1, -0.05) is 65.2 Å². The highest BCUT2D eigenvalue weighted by molar-refractivity contribution is 5.74. The van der Waals surface area contributed by atoms with Crippen LogP contribution in [-0.4, -0.2) is 23.3 Å². The summed E-state index contributed by atoms with van der Waals surface area (Å²) >= 11 is 0. The molecule has 0 amide bonds. The van der Waals surface area contributed by atoms with Gasteiger partial charge in [-0.2, -0.15) is 0 Å². The Hall–Kier alpha value is -0.570. The van der Waals surface area contributed by atoms with Gasteiger partial charge in [-0.3, -0.25) is 4.79 Å². The van der Waals surface area contributed by atoms with E-state index in [1.807, 2.05) is 6.92 Å². The van der Waals surface area contributed by atoms with E-state index < -0.39 is 6.10 Å². The maximum atomic E-state index is 11.7. The van der Waals surface area contributed by atoms with Gasteiger partial charge >= 0.3 is 5.97 Å². The molecule has 1 aliphatic heterocycles. The molecule has 1 heterocycles. The first kappa shape index (κ1) is 18.5. The van der Waals surface area contributed by atoms with Crippen molar-refractivity contribution in [2.75, 3.05) is 0 Å². The maximum Gasteiger partial charge on any atom is 0.311 e. The Morgan fingerprint density at radius 1 is 1.00 bits per heavy atom. The lowest BCUT2D eigenvalue weighted by Gasteiger charge is -2.31. The lowest BCUT2D eigenvalue weighted by atomic mass is 9.90.